The maximum atomic E-state index is 12.4. The number of hydrogen-bond acceptors (Lipinski definition) is 7. The zero-order chi connectivity index (χ0) is 18.1. The van der Waals surface area contributed by atoms with Crippen LogP contribution in [0, 0.1) is 6.92 Å². The van der Waals surface area contributed by atoms with E-state index in [1.165, 1.54) is 16.4 Å². The van der Waals surface area contributed by atoms with Gasteiger partial charge < -0.3 is 15.2 Å². The molecule has 26 heavy (non-hydrogen) atoms. The lowest BCUT2D eigenvalue weighted by molar-refractivity contribution is -0.129. The third-order valence-corrected chi connectivity index (χ3v) is 5.59. The Morgan fingerprint density at radius 2 is 2.08 bits per heavy atom. The number of benzene rings is 1. The highest BCUT2D eigenvalue weighted by molar-refractivity contribution is 7.99. The highest BCUT2D eigenvalue weighted by Crippen LogP contribution is 2.30. The van der Waals surface area contributed by atoms with Crippen molar-refractivity contribution in [2.75, 3.05) is 24.7 Å². The Hall–Kier alpha value is -2.55. The first-order valence-corrected chi connectivity index (χ1v) is 9.53. The van der Waals surface area contributed by atoms with Crippen molar-refractivity contribution in [3.8, 4) is 0 Å². The predicted molar refractivity (Wildman–Crippen MR) is 98.2 cm³/mol. The van der Waals surface area contributed by atoms with E-state index in [-0.39, 0.29) is 11.8 Å². The average Bonchev–Trinajstić information content (AvgIpc) is 3.24. The van der Waals surface area contributed by atoms with E-state index in [2.05, 4.69) is 15.2 Å². The van der Waals surface area contributed by atoms with Gasteiger partial charge in [0.25, 0.3) is 0 Å². The maximum absolute atomic E-state index is 12.4. The molecule has 0 atom stereocenters. The number of nitrogen functional groups attached to an aromatic ring is 1. The summed E-state index contributed by atoms with van der Waals surface area (Å²) in [7, 11) is 0. The first kappa shape index (κ1) is 16.9. The molecule has 1 fully saturated rings. The Bertz CT molecular complexity index is 895. The number of nitrogens with zero attached hydrogens (tertiary/aromatic N) is 5. The van der Waals surface area contributed by atoms with E-state index in [4.69, 9.17) is 10.3 Å². The van der Waals surface area contributed by atoms with Gasteiger partial charge in [-0.3, -0.25) is 4.79 Å². The fraction of sp³-hybridized carbons (Fsp3) is 0.412. The number of rotatable bonds is 4. The second kappa shape index (κ2) is 6.99. The molecule has 1 aliphatic heterocycles. The minimum atomic E-state index is 0.0895. The Kier molecular flexibility index (Phi) is 4.54. The van der Waals surface area contributed by atoms with E-state index in [0.717, 1.165) is 29.8 Å². The van der Waals surface area contributed by atoms with Gasteiger partial charge in [-0.1, -0.05) is 23.9 Å². The molecule has 2 aromatic heterocycles. The lowest BCUT2D eigenvalue weighted by atomic mass is 9.97. The number of nitrogens with two attached hydrogens (primary N) is 1. The lowest BCUT2D eigenvalue weighted by Gasteiger charge is -2.30. The lowest BCUT2D eigenvalue weighted by Crippen LogP contribution is -2.39. The number of carbonyl (C=O) groups is 1. The Labute approximate surface area is 154 Å². The molecule has 4 rings (SSSR count). The van der Waals surface area contributed by atoms with Gasteiger partial charge >= 0.3 is 0 Å². The van der Waals surface area contributed by atoms with Gasteiger partial charge in [-0.2, -0.15) is 0 Å². The molecule has 0 bridgehead atoms. The fourth-order valence-corrected chi connectivity index (χ4v) is 3.91. The molecule has 1 aromatic carbocycles. The normalized spacial score (nSPS) is 15.7. The SMILES string of the molecule is Cc1nnc(SCC(=O)N2CCC(c3nc4ccccc4o3)CC2)n1N. The van der Waals surface area contributed by atoms with Crippen LogP contribution in [0.25, 0.3) is 11.1 Å². The fourth-order valence-electron chi connectivity index (χ4n) is 3.11. The molecule has 0 saturated carbocycles. The van der Waals surface area contributed by atoms with Crippen molar-refractivity contribution in [1.82, 2.24) is 24.8 Å². The molecule has 0 aliphatic carbocycles. The molecule has 1 aliphatic rings. The summed E-state index contributed by atoms with van der Waals surface area (Å²) in [5, 5.41) is 8.41. The minimum absolute atomic E-state index is 0.0895. The zero-order valence-corrected chi connectivity index (χ0v) is 15.3. The molecular formula is C17H20N6O2S. The maximum Gasteiger partial charge on any atom is 0.233 e. The Morgan fingerprint density at radius 3 is 2.77 bits per heavy atom. The number of thioether (sulfide) groups is 1. The van der Waals surface area contributed by atoms with E-state index in [0.29, 0.717) is 29.8 Å². The third kappa shape index (κ3) is 3.26. The van der Waals surface area contributed by atoms with Gasteiger partial charge in [-0.15, -0.1) is 10.2 Å². The number of oxazole rings is 1. The van der Waals surface area contributed by atoms with Crippen LogP contribution in [0.3, 0.4) is 0 Å². The first-order chi connectivity index (χ1) is 12.6. The van der Waals surface area contributed by atoms with Crippen molar-refractivity contribution in [3.05, 3.63) is 36.0 Å². The molecule has 1 amide bonds. The number of likely N-dealkylation sites (tertiary alicyclic amines) is 1. The van der Waals surface area contributed by atoms with Crippen LogP contribution in [-0.4, -0.2) is 49.5 Å². The van der Waals surface area contributed by atoms with Gasteiger partial charge in [0, 0.05) is 19.0 Å². The van der Waals surface area contributed by atoms with Crippen molar-refractivity contribution in [1.29, 1.82) is 0 Å². The van der Waals surface area contributed by atoms with E-state index in [1.54, 1.807) is 6.92 Å². The van der Waals surface area contributed by atoms with Crippen LogP contribution in [0.5, 0.6) is 0 Å². The summed E-state index contributed by atoms with van der Waals surface area (Å²) in [5.41, 5.74) is 1.71. The molecule has 0 radical (unpaired) electrons. The number of para-hydroxylation sites is 2. The highest BCUT2D eigenvalue weighted by Gasteiger charge is 2.27. The van der Waals surface area contributed by atoms with Crippen LogP contribution in [-0.2, 0) is 4.79 Å². The second-order valence-corrected chi connectivity index (χ2v) is 7.31. The quantitative estimate of drug-likeness (QED) is 0.551. The number of hydrogen-bond donors (Lipinski definition) is 1. The van der Waals surface area contributed by atoms with Crippen LogP contribution in [0.2, 0.25) is 0 Å². The molecule has 136 valence electrons. The summed E-state index contributed by atoms with van der Waals surface area (Å²) in [5.74, 6) is 7.87. The zero-order valence-electron chi connectivity index (χ0n) is 14.5. The molecule has 3 aromatic rings. The van der Waals surface area contributed by atoms with Gasteiger partial charge in [-0.25, -0.2) is 9.66 Å². The Balaban J connectivity index is 1.32. The standard InChI is InChI=1S/C17H20N6O2S/c1-11-20-21-17(23(11)18)26-10-15(24)22-8-6-12(7-9-22)16-19-13-4-2-3-5-14(13)25-16/h2-5,12H,6-10,18H2,1H3. The molecule has 0 unspecified atom stereocenters. The van der Waals surface area contributed by atoms with Crippen molar-refractivity contribution in [3.63, 3.8) is 0 Å². The minimum Gasteiger partial charge on any atom is -0.440 e. The van der Waals surface area contributed by atoms with Crippen LogP contribution in [0.4, 0.5) is 0 Å². The van der Waals surface area contributed by atoms with Crippen molar-refractivity contribution >= 4 is 28.8 Å². The second-order valence-electron chi connectivity index (χ2n) is 6.36. The highest BCUT2D eigenvalue weighted by atomic mass is 32.2. The number of aromatic nitrogens is 4. The van der Waals surface area contributed by atoms with E-state index >= 15 is 0 Å². The Morgan fingerprint density at radius 1 is 1.31 bits per heavy atom. The number of piperidine rings is 1. The van der Waals surface area contributed by atoms with Gasteiger partial charge in [0.15, 0.2) is 11.5 Å². The molecule has 3 heterocycles. The van der Waals surface area contributed by atoms with Gasteiger partial charge in [0.2, 0.25) is 11.1 Å². The smallest absolute Gasteiger partial charge is 0.233 e. The summed E-state index contributed by atoms with van der Waals surface area (Å²) in [4.78, 5) is 18.9. The van der Waals surface area contributed by atoms with Crippen molar-refractivity contribution in [2.45, 2.75) is 30.8 Å². The van der Waals surface area contributed by atoms with Crippen molar-refractivity contribution < 1.29 is 9.21 Å². The summed E-state index contributed by atoms with van der Waals surface area (Å²) >= 11 is 1.31. The molecule has 8 nitrogen and oxygen atoms in total. The molecule has 1 saturated heterocycles. The molecule has 0 spiro atoms. The average molecular weight is 372 g/mol. The number of carbonyl (C=O) groups excluding carboxylic acids is 1. The van der Waals surface area contributed by atoms with Gasteiger partial charge in [0.05, 0.1) is 5.75 Å². The van der Waals surface area contributed by atoms with E-state index in [1.807, 2.05) is 29.2 Å². The summed E-state index contributed by atoms with van der Waals surface area (Å²) in [6.45, 7) is 3.18. The van der Waals surface area contributed by atoms with E-state index in [9.17, 15) is 4.79 Å². The van der Waals surface area contributed by atoms with E-state index < -0.39 is 0 Å². The summed E-state index contributed by atoms with van der Waals surface area (Å²) < 4.78 is 7.27. The number of fused-ring (bicyclic) bond motifs is 1. The van der Waals surface area contributed by atoms with Crippen LogP contribution in [0.15, 0.2) is 33.8 Å². The van der Waals surface area contributed by atoms with Gasteiger partial charge in [0.1, 0.15) is 11.3 Å². The predicted octanol–water partition coefficient (Wildman–Crippen LogP) is 1.94. The topological polar surface area (TPSA) is 103 Å². The van der Waals surface area contributed by atoms with Gasteiger partial charge in [-0.05, 0) is 31.9 Å². The summed E-state index contributed by atoms with van der Waals surface area (Å²) in [6, 6.07) is 7.78. The third-order valence-electron chi connectivity index (χ3n) is 4.67. The number of aryl methyl sites for hydroxylation is 1. The molecule has 9 heteroatoms. The number of amides is 1. The molecule has 2 N–H and O–H groups in total. The van der Waals surface area contributed by atoms with Crippen LogP contribution >= 0.6 is 11.8 Å². The van der Waals surface area contributed by atoms with Crippen molar-refractivity contribution in [2.24, 2.45) is 0 Å². The first-order valence-electron chi connectivity index (χ1n) is 8.55. The van der Waals surface area contributed by atoms with Crippen LogP contribution < -0.4 is 5.84 Å². The molecular weight excluding hydrogens is 352 g/mol. The van der Waals surface area contributed by atoms with Crippen LogP contribution in [0.1, 0.15) is 30.5 Å². The largest absolute Gasteiger partial charge is 0.440 e. The summed E-state index contributed by atoms with van der Waals surface area (Å²) in [6.07, 6.45) is 1.71. The monoisotopic (exact) mass is 372 g/mol.